The molecule has 0 aliphatic heterocycles. The van der Waals surface area contributed by atoms with Crippen LogP contribution >= 0.6 is 0 Å². The van der Waals surface area contributed by atoms with E-state index in [0.717, 1.165) is 12.8 Å². The molecule has 0 spiro atoms. The molecule has 0 unspecified atom stereocenters. The largest absolute Gasteiger partial charge is 0.389 e. The van der Waals surface area contributed by atoms with Crippen molar-refractivity contribution in [3.8, 4) is 0 Å². The molecule has 0 aromatic rings. The van der Waals surface area contributed by atoms with Gasteiger partial charge in [0.2, 0.25) is 0 Å². The van der Waals surface area contributed by atoms with Crippen LogP contribution in [0.3, 0.4) is 0 Å². The Hall–Kier alpha value is -0.0900. The lowest BCUT2D eigenvalue weighted by Gasteiger charge is -2.32. The van der Waals surface area contributed by atoms with E-state index < -0.39 is 20.2 Å². The number of aliphatic hydroxyl groups is 1. The molecule has 0 amide bonds. The number of hydrogen-bond donors (Lipinski definition) is 1. The smallest absolute Gasteiger partial charge is 0.159 e. The lowest BCUT2D eigenvalue weighted by atomic mass is 9.90. The Morgan fingerprint density at radius 2 is 1.53 bits per heavy atom. The maximum Gasteiger partial charge on any atom is 0.159 e. The SMILES string of the molecule is CC(C)(O)CS(=O)(=O)C1(C(C)(C)C)CC1. The summed E-state index contributed by atoms with van der Waals surface area (Å²) < 4.78 is 23.8. The van der Waals surface area contributed by atoms with Crippen LogP contribution in [0.2, 0.25) is 0 Å². The lowest BCUT2D eigenvalue weighted by molar-refractivity contribution is 0.104. The van der Waals surface area contributed by atoms with Crippen LogP contribution < -0.4 is 0 Å². The van der Waals surface area contributed by atoms with Gasteiger partial charge >= 0.3 is 0 Å². The Labute approximate surface area is 92.8 Å². The summed E-state index contributed by atoms with van der Waals surface area (Å²) in [4.78, 5) is 0. The fourth-order valence-corrected chi connectivity index (χ4v) is 5.11. The van der Waals surface area contributed by atoms with Gasteiger partial charge in [-0.1, -0.05) is 20.8 Å². The molecule has 0 atom stereocenters. The first-order valence-corrected chi connectivity index (χ1v) is 7.01. The highest BCUT2D eigenvalue weighted by molar-refractivity contribution is 7.93. The molecule has 4 heteroatoms. The fourth-order valence-electron chi connectivity index (χ4n) is 2.24. The van der Waals surface area contributed by atoms with Crippen LogP contribution in [0.5, 0.6) is 0 Å². The molecule has 0 bridgehead atoms. The van der Waals surface area contributed by atoms with E-state index in [1.807, 2.05) is 20.8 Å². The third-order valence-electron chi connectivity index (χ3n) is 3.21. The van der Waals surface area contributed by atoms with Crippen LogP contribution in [0.1, 0.15) is 47.5 Å². The van der Waals surface area contributed by atoms with E-state index in [9.17, 15) is 13.5 Å². The monoisotopic (exact) mass is 234 g/mol. The van der Waals surface area contributed by atoms with Crippen LogP contribution in [-0.4, -0.2) is 29.6 Å². The highest BCUT2D eigenvalue weighted by atomic mass is 32.2. The molecule has 0 heterocycles. The van der Waals surface area contributed by atoms with Crippen LogP contribution in [0.4, 0.5) is 0 Å². The van der Waals surface area contributed by atoms with Gasteiger partial charge < -0.3 is 5.11 Å². The molecule has 0 radical (unpaired) electrons. The predicted molar refractivity (Wildman–Crippen MR) is 61.5 cm³/mol. The van der Waals surface area contributed by atoms with Crippen LogP contribution in [0.15, 0.2) is 0 Å². The summed E-state index contributed by atoms with van der Waals surface area (Å²) in [5, 5.41) is 9.63. The molecule has 0 saturated heterocycles. The summed E-state index contributed by atoms with van der Waals surface area (Å²) in [7, 11) is -3.21. The second-order valence-corrected chi connectivity index (χ2v) is 8.62. The van der Waals surface area contributed by atoms with E-state index in [2.05, 4.69) is 0 Å². The first-order valence-electron chi connectivity index (χ1n) is 5.36. The molecule has 1 aliphatic carbocycles. The van der Waals surface area contributed by atoms with Crippen molar-refractivity contribution < 1.29 is 13.5 Å². The molecule has 1 rings (SSSR count). The molecule has 0 aromatic heterocycles. The molecule has 3 nitrogen and oxygen atoms in total. The van der Waals surface area contributed by atoms with Crippen molar-refractivity contribution >= 4 is 9.84 Å². The van der Waals surface area contributed by atoms with Crippen LogP contribution in [0.25, 0.3) is 0 Å². The van der Waals surface area contributed by atoms with Gasteiger partial charge in [0.25, 0.3) is 0 Å². The van der Waals surface area contributed by atoms with Gasteiger partial charge in [-0.15, -0.1) is 0 Å². The minimum absolute atomic E-state index is 0.142. The molecule has 1 aliphatic rings. The molecular weight excluding hydrogens is 212 g/mol. The average Bonchev–Trinajstić information content (AvgIpc) is 2.53. The van der Waals surface area contributed by atoms with Gasteiger partial charge in [0.1, 0.15) is 0 Å². The highest BCUT2D eigenvalue weighted by Gasteiger charge is 2.61. The standard InChI is InChI=1S/C11H22O3S/c1-9(2,3)11(6-7-11)15(13,14)8-10(4,5)12/h12H,6-8H2,1-5H3. The van der Waals surface area contributed by atoms with Crippen molar-refractivity contribution in [2.75, 3.05) is 5.75 Å². The molecule has 1 N–H and O–H groups in total. The van der Waals surface area contributed by atoms with Gasteiger partial charge in [0, 0.05) is 0 Å². The zero-order valence-electron chi connectivity index (χ0n) is 10.3. The second-order valence-electron chi connectivity index (χ2n) is 6.32. The van der Waals surface area contributed by atoms with E-state index >= 15 is 0 Å². The average molecular weight is 234 g/mol. The Balaban J connectivity index is 2.99. The number of rotatable bonds is 3. The van der Waals surface area contributed by atoms with E-state index in [4.69, 9.17) is 0 Å². The minimum Gasteiger partial charge on any atom is -0.389 e. The van der Waals surface area contributed by atoms with Gasteiger partial charge in [-0.05, 0) is 32.1 Å². The zero-order chi connectivity index (χ0) is 12.1. The van der Waals surface area contributed by atoms with Crippen LogP contribution in [-0.2, 0) is 9.84 Å². The maximum absolute atomic E-state index is 12.2. The first-order chi connectivity index (χ1) is 6.41. The summed E-state index contributed by atoms with van der Waals surface area (Å²) in [5.41, 5.74) is -1.38. The van der Waals surface area contributed by atoms with Gasteiger partial charge in [0.05, 0.1) is 16.1 Å². The first kappa shape index (κ1) is 13.0. The molecular formula is C11H22O3S. The fraction of sp³-hybridized carbons (Fsp3) is 1.00. The van der Waals surface area contributed by atoms with Crippen molar-refractivity contribution in [2.45, 2.75) is 57.8 Å². The van der Waals surface area contributed by atoms with Crippen molar-refractivity contribution in [2.24, 2.45) is 5.41 Å². The summed E-state index contributed by atoms with van der Waals surface area (Å²) in [6, 6.07) is 0. The van der Waals surface area contributed by atoms with E-state index in [1.165, 1.54) is 0 Å². The molecule has 15 heavy (non-hydrogen) atoms. The Kier molecular flexibility index (Phi) is 2.77. The Morgan fingerprint density at radius 1 is 1.13 bits per heavy atom. The lowest BCUT2D eigenvalue weighted by Crippen LogP contribution is -2.43. The summed E-state index contributed by atoms with van der Waals surface area (Å²) >= 11 is 0. The number of hydrogen-bond acceptors (Lipinski definition) is 3. The Bertz CT molecular complexity index is 337. The molecule has 1 saturated carbocycles. The zero-order valence-corrected chi connectivity index (χ0v) is 11.1. The normalized spacial score (nSPS) is 21.5. The molecule has 1 fully saturated rings. The van der Waals surface area contributed by atoms with Gasteiger partial charge in [-0.25, -0.2) is 8.42 Å². The highest BCUT2D eigenvalue weighted by Crippen LogP contribution is 2.56. The summed E-state index contributed by atoms with van der Waals surface area (Å²) in [6.07, 6.45) is 1.46. The van der Waals surface area contributed by atoms with Crippen molar-refractivity contribution in [3.05, 3.63) is 0 Å². The van der Waals surface area contributed by atoms with Crippen LogP contribution in [0, 0.1) is 5.41 Å². The second kappa shape index (κ2) is 3.20. The van der Waals surface area contributed by atoms with Gasteiger partial charge in [0.15, 0.2) is 9.84 Å². The predicted octanol–water partition coefficient (Wildman–Crippen LogP) is 1.75. The third kappa shape index (κ3) is 2.36. The Morgan fingerprint density at radius 3 is 1.73 bits per heavy atom. The minimum atomic E-state index is -3.21. The topological polar surface area (TPSA) is 54.4 Å². The third-order valence-corrected chi connectivity index (χ3v) is 6.51. The molecule has 0 aromatic carbocycles. The van der Waals surface area contributed by atoms with E-state index in [1.54, 1.807) is 13.8 Å². The number of sulfone groups is 1. The maximum atomic E-state index is 12.2. The van der Waals surface area contributed by atoms with Crippen molar-refractivity contribution in [1.82, 2.24) is 0 Å². The van der Waals surface area contributed by atoms with Crippen molar-refractivity contribution in [1.29, 1.82) is 0 Å². The van der Waals surface area contributed by atoms with Gasteiger partial charge in [-0.2, -0.15) is 0 Å². The quantitative estimate of drug-likeness (QED) is 0.809. The summed E-state index contributed by atoms with van der Waals surface area (Å²) in [6.45, 7) is 8.97. The molecule has 90 valence electrons. The van der Waals surface area contributed by atoms with E-state index in [-0.39, 0.29) is 11.2 Å². The van der Waals surface area contributed by atoms with E-state index in [0.29, 0.717) is 0 Å². The van der Waals surface area contributed by atoms with Gasteiger partial charge in [-0.3, -0.25) is 0 Å². The van der Waals surface area contributed by atoms with Crippen molar-refractivity contribution in [3.63, 3.8) is 0 Å². The summed E-state index contributed by atoms with van der Waals surface area (Å²) in [5.74, 6) is -0.142.